The van der Waals surface area contributed by atoms with Gasteiger partial charge in [0.15, 0.2) is 9.84 Å². The molecule has 0 unspecified atom stereocenters. The SMILES string of the molecule is CCS(=O)(=O)c1ccc(OC)cc1S(=O)(=O)NC(=O)Nc1nc(C)cc(C)n1. The van der Waals surface area contributed by atoms with Gasteiger partial charge in [0.2, 0.25) is 5.95 Å². The van der Waals surface area contributed by atoms with E-state index in [0.717, 1.165) is 12.1 Å². The summed E-state index contributed by atoms with van der Waals surface area (Å²) in [6.07, 6.45) is 0. The Bertz CT molecular complexity index is 1090. The van der Waals surface area contributed by atoms with E-state index < -0.39 is 35.7 Å². The van der Waals surface area contributed by atoms with Crippen molar-refractivity contribution in [3.8, 4) is 5.75 Å². The number of nitrogens with one attached hydrogen (secondary N) is 2. The Morgan fingerprint density at radius 3 is 2.18 bits per heavy atom. The summed E-state index contributed by atoms with van der Waals surface area (Å²) in [6, 6.07) is 4.03. The van der Waals surface area contributed by atoms with Gasteiger partial charge in [-0.2, -0.15) is 0 Å². The number of hydrogen-bond acceptors (Lipinski definition) is 8. The van der Waals surface area contributed by atoms with Crippen LogP contribution in [0.25, 0.3) is 0 Å². The van der Waals surface area contributed by atoms with Crippen molar-refractivity contribution >= 4 is 31.8 Å². The molecule has 0 atom stereocenters. The summed E-state index contributed by atoms with van der Waals surface area (Å²) in [5.41, 5.74) is 1.16. The molecule has 0 radical (unpaired) electrons. The van der Waals surface area contributed by atoms with Crippen molar-refractivity contribution in [1.29, 1.82) is 0 Å². The van der Waals surface area contributed by atoms with Crippen molar-refractivity contribution in [2.75, 3.05) is 18.2 Å². The fraction of sp³-hybridized carbons (Fsp3) is 0.312. The zero-order valence-corrected chi connectivity index (χ0v) is 17.3. The number of rotatable bonds is 6. The van der Waals surface area contributed by atoms with Gasteiger partial charge < -0.3 is 4.74 Å². The summed E-state index contributed by atoms with van der Waals surface area (Å²) < 4.78 is 56.6. The average Bonchev–Trinajstić information content (AvgIpc) is 2.59. The molecule has 0 aliphatic heterocycles. The van der Waals surface area contributed by atoms with Gasteiger partial charge in [-0.15, -0.1) is 0 Å². The van der Waals surface area contributed by atoms with E-state index in [9.17, 15) is 21.6 Å². The van der Waals surface area contributed by atoms with Gasteiger partial charge in [0.05, 0.1) is 17.8 Å². The minimum absolute atomic E-state index is 0.0859. The molecule has 10 nitrogen and oxygen atoms in total. The first-order chi connectivity index (χ1) is 13.0. The number of carbonyl (C=O) groups excluding carboxylic acids is 1. The van der Waals surface area contributed by atoms with Crippen LogP contribution in [0.2, 0.25) is 0 Å². The molecule has 0 saturated heterocycles. The van der Waals surface area contributed by atoms with E-state index in [0.29, 0.717) is 11.4 Å². The molecule has 2 amide bonds. The number of aromatic nitrogens is 2. The molecule has 0 saturated carbocycles. The minimum Gasteiger partial charge on any atom is -0.497 e. The number of methoxy groups -OCH3 is 1. The molecule has 2 aromatic rings. The van der Waals surface area contributed by atoms with Crippen molar-refractivity contribution in [2.24, 2.45) is 0 Å². The summed E-state index contributed by atoms with van der Waals surface area (Å²) in [6.45, 7) is 4.76. The number of benzene rings is 1. The van der Waals surface area contributed by atoms with Crippen LogP contribution in [0.3, 0.4) is 0 Å². The van der Waals surface area contributed by atoms with E-state index in [4.69, 9.17) is 4.74 Å². The van der Waals surface area contributed by atoms with E-state index in [-0.39, 0.29) is 17.5 Å². The number of ether oxygens (including phenoxy) is 1. The first-order valence-electron chi connectivity index (χ1n) is 8.05. The highest BCUT2D eigenvalue weighted by Gasteiger charge is 2.28. The molecule has 2 rings (SSSR count). The van der Waals surface area contributed by atoms with Crippen LogP contribution in [0.4, 0.5) is 10.7 Å². The highest BCUT2D eigenvalue weighted by molar-refractivity contribution is 7.93. The number of nitrogens with zero attached hydrogens (tertiary/aromatic N) is 2. The van der Waals surface area contributed by atoms with E-state index in [1.165, 1.54) is 20.1 Å². The van der Waals surface area contributed by atoms with Crippen LogP contribution in [-0.4, -0.2) is 45.7 Å². The third-order valence-electron chi connectivity index (χ3n) is 3.59. The second-order valence-corrected chi connectivity index (χ2v) is 9.65. The second kappa shape index (κ2) is 8.10. The van der Waals surface area contributed by atoms with Gasteiger partial charge in [0.1, 0.15) is 10.6 Å². The molecule has 1 aromatic carbocycles. The molecule has 2 N–H and O–H groups in total. The Kier molecular flexibility index (Phi) is 6.24. The lowest BCUT2D eigenvalue weighted by Gasteiger charge is -2.13. The third-order valence-corrected chi connectivity index (χ3v) is 6.88. The van der Waals surface area contributed by atoms with Crippen LogP contribution in [0.5, 0.6) is 5.75 Å². The summed E-state index contributed by atoms with van der Waals surface area (Å²) in [7, 11) is -7.10. The topological polar surface area (TPSA) is 144 Å². The predicted molar refractivity (Wildman–Crippen MR) is 102 cm³/mol. The largest absolute Gasteiger partial charge is 0.497 e. The van der Waals surface area contributed by atoms with Crippen LogP contribution in [-0.2, 0) is 19.9 Å². The van der Waals surface area contributed by atoms with E-state index in [2.05, 4.69) is 15.3 Å². The Labute approximate surface area is 163 Å². The lowest BCUT2D eigenvalue weighted by Crippen LogP contribution is -2.35. The fourth-order valence-corrected chi connectivity index (χ4v) is 4.99. The van der Waals surface area contributed by atoms with Crippen LogP contribution in [0.1, 0.15) is 18.3 Å². The number of anilines is 1. The van der Waals surface area contributed by atoms with Crippen molar-refractivity contribution < 1.29 is 26.4 Å². The monoisotopic (exact) mass is 428 g/mol. The van der Waals surface area contributed by atoms with Gasteiger partial charge in [0.25, 0.3) is 10.0 Å². The molecule has 0 aliphatic carbocycles. The number of sulfone groups is 1. The molecule has 1 aromatic heterocycles. The summed E-state index contributed by atoms with van der Waals surface area (Å²) in [5.74, 6) is -0.282. The van der Waals surface area contributed by atoms with Gasteiger partial charge in [-0.05, 0) is 32.0 Å². The van der Waals surface area contributed by atoms with Crippen molar-refractivity contribution in [2.45, 2.75) is 30.6 Å². The summed E-state index contributed by atoms with van der Waals surface area (Å²) in [4.78, 5) is 19.1. The van der Waals surface area contributed by atoms with Crippen LogP contribution in [0, 0.1) is 13.8 Å². The van der Waals surface area contributed by atoms with E-state index in [1.54, 1.807) is 24.6 Å². The molecular formula is C16H20N4O6S2. The van der Waals surface area contributed by atoms with Crippen molar-refractivity contribution in [3.63, 3.8) is 0 Å². The van der Waals surface area contributed by atoms with Gasteiger partial charge in [0, 0.05) is 17.5 Å². The first kappa shape index (κ1) is 21.6. The van der Waals surface area contributed by atoms with Crippen LogP contribution >= 0.6 is 0 Å². The third kappa shape index (κ3) is 4.95. The number of urea groups is 1. The number of aryl methyl sites for hydroxylation is 2. The minimum atomic E-state index is -4.53. The number of amides is 2. The van der Waals surface area contributed by atoms with Gasteiger partial charge in [-0.3, -0.25) is 5.32 Å². The van der Waals surface area contributed by atoms with Crippen LogP contribution in [0.15, 0.2) is 34.1 Å². The first-order valence-corrected chi connectivity index (χ1v) is 11.2. The smallest absolute Gasteiger partial charge is 0.335 e. The normalized spacial score (nSPS) is 11.7. The zero-order valence-electron chi connectivity index (χ0n) is 15.7. The molecular weight excluding hydrogens is 408 g/mol. The van der Waals surface area contributed by atoms with Crippen molar-refractivity contribution in [1.82, 2.24) is 14.7 Å². The molecule has 0 aliphatic rings. The zero-order chi connectivity index (χ0) is 21.1. The molecule has 12 heteroatoms. The fourth-order valence-electron chi connectivity index (χ4n) is 2.32. The lowest BCUT2D eigenvalue weighted by atomic mass is 10.3. The van der Waals surface area contributed by atoms with Gasteiger partial charge in [-0.1, -0.05) is 6.92 Å². The van der Waals surface area contributed by atoms with Gasteiger partial charge >= 0.3 is 6.03 Å². The quantitative estimate of drug-likeness (QED) is 0.702. The molecule has 1 heterocycles. The average molecular weight is 428 g/mol. The number of hydrogen-bond donors (Lipinski definition) is 2. The molecule has 0 spiro atoms. The maximum atomic E-state index is 12.7. The Balaban J connectivity index is 2.39. The molecule has 0 fully saturated rings. The van der Waals surface area contributed by atoms with E-state index in [1.807, 2.05) is 0 Å². The Morgan fingerprint density at radius 1 is 1.04 bits per heavy atom. The molecule has 28 heavy (non-hydrogen) atoms. The van der Waals surface area contributed by atoms with Crippen LogP contribution < -0.4 is 14.8 Å². The van der Waals surface area contributed by atoms with Crippen molar-refractivity contribution in [3.05, 3.63) is 35.7 Å². The standard InChI is InChI=1S/C16H20N4O6S2/c1-5-27(22,23)13-7-6-12(26-4)9-14(13)28(24,25)20-16(21)19-15-17-10(2)8-11(3)18-15/h6-9H,5H2,1-4H3,(H2,17,18,19,20,21). The molecule has 152 valence electrons. The number of carbonyl (C=O) groups is 1. The lowest BCUT2D eigenvalue weighted by molar-refractivity contribution is 0.256. The molecule has 0 bridgehead atoms. The predicted octanol–water partition coefficient (Wildman–Crippen LogP) is 1.41. The second-order valence-electron chi connectivity index (χ2n) is 5.75. The Morgan fingerprint density at radius 2 is 1.64 bits per heavy atom. The maximum Gasteiger partial charge on any atom is 0.335 e. The number of sulfonamides is 1. The van der Waals surface area contributed by atoms with E-state index >= 15 is 0 Å². The summed E-state index contributed by atoms with van der Waals surface area (Å²) in [5, 5.41) is 2.22. The highest BCUT2D eigenvalue weighted by atomic mass is 32.2. The highest BCUT2D eigenvalue weighted by Crippen LogP contribution is 2.26. The maximum absolute atomic E-state index is 12.7. The summed E-state index contributed by atoms with van der Waals surface area (Å²) >= 11 is 0. The van der Waals surface area contributed by atoms with Gasteiger partial charge in [-0.25, -0.2) is 36.3 Å². The Hall–Kier alpha value is -2.73.